The van der Waals surface area contributed by atoms with Crippen molar-refractivity contribution in [3.8, 4) is 0 Å². The lowest BCUT2D eigenvalue weighted by Crippen LogP contribution is -2.36. The standard InChI is InChI=1S/C12H28N2O2/c1-11(2)5-4-6-12(14-13)7-8-16-10-9-15-3/h11-12,14H,4-10,13H2,1-3H3. The van der Waals surface area contributed by atoms with E-state index in [0.717, 1.165) is 25.4 Å². The van der Waals surface area contributed by atoms with Gasteiger partial charge in [-0.3, -0.25) is 11.3 Å². The van der Waals surface area contributed by atoms with Crippen LogP contribution in [0.25, 0.3) is 0 Å². The van der Waals surface area contributed by atoms with Gasteiger partial charge in [0, 0.05) is 19.8 Å². The maximum Gasteiger partial charge on any atom is 0.0700 e. The molecule has 0 heterocycles. The molecule has 0 aromatic rings. The summed E-state index contributed by atoms with van der Waals surface area (Å²) < 4.78 is 10.3. The molecule has 0 aliphatic heterocycles. The fraction of sp³-hybridized carbons (Fsp3) is 1.00. The summed E-state index contributed by atoms with van der Waals surface area (Å²) >= 11 is 0. The lowest BCUT2D eigenvalue weighted by Gasteiger charge is -2.16. The molecule has 0 aromatic carbocycles. The number of nitrogens with two attached hydrogens (primary N) is 1. The molecule has 1 atom stereocenters. The van der Waals surface area contributed by atoms with Crippen LogP contribution in [-0.4, -0.2) is 33.0 Å². The van der Waals surface area contributed by atoms with Crippen LogP contribution >= 0.6 is 0 Å². The second kappa shape index (κ2) is 11.3. The molecular formula is C12H28N2O2. The summed E-state index contributed by atoms with van der Waals surface area (Å²) in [5.74, 6) is 6.27. The van der Waals surface area contributed by atoms with Gasteiger partial charge in [-0.25, -0.2) is 0 Å². The summed E-state index contributed by atoms with van der Waals surface area (Å²) in [7, 11) is 1.68. The monoisotopic (exact) mass is 232 g/mol. The Balaban J connectivity index is 3.36. The lowest BCUT2D eigenvalue weighted by atomic mass is 10.0. The number of hydrazine groups is 1. The van der Waals surface area contributed by atoms with Crippen LogP contribution in [-0.2, 0) is 9.47 Å². The van der Waals surface area contributed by atoms with Gasteiger partial charge in [0.2, 0.25) is 0 Å². The number of ether oxygens (including phenoxy) is 2. The highest BCUT2D eigenvalue weighted by molar-refractivity contribution is 4.63. The van der Waals surface area contributed by atoms with Gasteiger partial charge in [-0.2, -0.15) is 0 Å². The molecule has 0 aliphatic carbocycles. The van der Waals surface area contributed by atoms with Gasteiger partial charge < -0.3 is 9.47 Å². The summed E-state index contributed by atoms with van der Waals surface area (Å²) in [5.41, 5.74) is 2.86. The molecule has 0 saturated carbocycles. The number of hydrogen-bond acceptors (Lipinski definition) is 4. The van der Waals surface area contributed by atoms with Gasteiger partial charge in [0.25, 0.3) is 0 Å². The molecule has 0 saturated heterocycles. The molecule has 0 rings (SSSR count). The van der Waals surface area contributed by atoms with E-state index in [-0.39, 0.29) is 0 Å². The Morgan fingerprint density at radius 1 is 1.06 bits per heavy atom. The van der Waals surface area contributed by atoms with E-state index in [0.29, 0.717) is 19.3 Å². The van der Waals surface area contributed by atoms with Gasteiger partial charge in [0.15, 0.2) is 0 Å². The molecule has 0 radical (unpaired) electrons. The van der Waals surface area contributed by atoms with E-state index in [1.165, 1.54) is 12.8 Å². The molecule has 0 bridgehead atoms. The Morgan fingerprint density at radius 3 is 2.38 bits per heavy atom. The van der Waals surface area contributed by atoms with Crippen molar-refractivity contribution in [2.24, 2.45) is 11.8 Å². The minimum absolute atomic E-state index is 0.376. The predicted octanol–water partition coefficient (Wildman–Crippen LogP) is 1.70. The predicted molar refractivity (Wildman–Crippen MR) is 67.1 cm³/mol. The Kier molecular flexibility index (Phi) is 11.2. The van der Waals surface area contributed by atoms with E-state index in [9.17, 15) is 0 Å². The Labute approximate surface area is 99.8 Å². The smallest absolute Gasteiger partial charge is 0.0700 e. The van der Waals surface area contributed by atoms with Crippen molar-refractivity contribution in [1.82, 2.24) is 5.43 Å². The molecule has 0 aliphatic rings. The van der Waals surface area contributed by atoms with Crippen molar-refractivity contribution in [3.05, 3.63) is 0 Å². The molecule has 0 fully saturated rings. The summed E-state index contributed by atoms with van der Waals surface area (Å²) in [6, 6.07) is 0.376. The fourth-order valence-corrected chi connectivity index (χ4v) is 1.55. The third-order valence-electron chi connectivity index (χ3n) is 2.61. The van der Waals surface area contributed by atoms with Crippen molar-refractivity contribution in [1.29, 1.82) is 0 Å². The average molecular weight is 232 g/mol. The second-order valence-corrected chi connectivity index (χ2v) is 4.58. The second-order valence-electron chi connectivity index (χ2n) is 4.58. The molecule has 3 N–H and O–H groups in total. The highest BCUT2D eigenvalue weighted by atomic mass is 16.5. The maximum atomic E-state index is 5.50. The van der Waals surface area contributed by atoms with Crippen LogP contribution in [0.2, 0.25) is 0 Å². The fourth-order valence-electron chi connectivity index (χ4n) is 1.55. The van der Waals surface area contributed by atoms with Crippen LogP contribution in [0, 0.1) is 5.92 Å². The SMILES string of the molecule is COCCOCCC(CCCC(C)C)NN. The molecule has 98 valence electrons. The summed E-state index contributed by atoms with van der Waals surface area (Å²) in [5, 5.41) is 0. The quantitative estimate of drug-likeness (QED) is 0.323. The Bertz CT molecular complexity index is 143. The first-order valence-corrected chi connectivity index (χ1v) is 6.23. The van der Waals surface area contributed by atoms with Crippen LogP contribution in [0.1, 0.15) is 39.5 Å². The molecule has 1 unspecified atom stereocenters. The zero-order chi connectivity index (χ0) is 12.2. The van der Waals surface area contributed by atoms with E-state index < -0.39 is 0 Å². The van der Waals surface area contributed by atoms with Crippen molar-refractivity contribution in [2.45, 2.75) is 45.6 Å². The molecule has 0 spiro atoms. The zero-order valence-corrected chi connectivity index (χ0v) is 11.0. The van der Waals surface area contributed by atoms with E-state index in [1.54, 1.807) is 7.11 Å². The topological polar surface area (TPSA) is 56.5 Å². The van der Waals surface area contributed by atoms with Gasteiger partial charge in [0.1, 0.15) is 0 Å². The van der Waals surface area contributed by atoms with E-state index >= 15 is 0 Å². The van der Waals surface area contributed by atoms with Crippen molar-refractivity contribution < 1.29 is 9.47 Å². The molecule has 4 heteroatoms. The normalized spacial score (nSPS) is 13.3. The lowest BCUT2D eigenvalue weighted by molar-refractivity contribution is 0.0653. The number of rotatable bonds is 11. The minimum atomic E-state index is 0.376. The maximum absolute atomic E-state index is 5.50. The van der Waals surface area contributed by atoms with E-state index in [4.69, 9.17) is 15.3 Å². The highest BCUT2D eigenvalue weighted by Gasteiger charge is 2.06. The van der Waals surface area contributed by atoms with Crippen LogP contribution in [0.5, 0.6) is 0 Å². The van der Waals surface area contributed by atoms with E-state index in [1.807, 2.05) is 0 Å². The Hall–Kier alpha value is -0.160. The van der Waals surface area contributed by atoms with E-state index in [2.05, 4.69) is 19.3 Å². The van der Waals surface area contributed by atoms with Gasteiger partial charge in [0.05, 0.1) is 13.2 Å². The van der Waals surface area contributed by atoms with Crippen molar-refractivity contribution in [2.75, 3.05) is 26.9 Å². The molecule has 0 amide bonds. The summed E-state index contributed by atoms with van der Waals surface area (Å²) in [6.45, 7) is 6.57. The Morgan fingerprint density at radius 2 is 1.81 bits per heavy atom. The minimum Gasteiger partial charge on any atom is -0.382 e. The first-order chi connectivity index (χ1) is 7.70. The van der Waals surface area contributed by atoms with Crippen molar-refractivity contribution >= 4 is 0 Å². The van der Waals surface area contributed by atoms with Crippen LogP contribution < -0.4 is 11.3 Å². The van der Waals surface area contributed by atoms with Gasteiger partial charge in [-0.15, -0.1) is 0 Å². The largest absolute Gasteiger partial charge is 0.382 e. The van der Waals surface area contributed by atoms with Crippen LogP contribution in [0.15, 0.2) is 0 Å². The van der Waals surface area contributed by atoms with Gasteiger partial charge in [-0.1, -0.05) is 26.7 Å². The van der Waals surface area contributed by atoms with Crippen molar-refractivity contribution in [3.63, 3.8) is 0 Å². The van der Waals surface area contributed by atoms with Crippen LogP contribution in [0.3, 0.4) is 0 Å². The molecule has 16 heavy (non-hydrogen) atoms. The zero-order valence-electron chi connectivity index (χ0n) is 11.0. The summed E-state index contributed by atoms with van der Waals surface area (Å²) in [6.07, 6.45) is 4.59. The highest BCUT2D eigenvalue weighted by Crippen LogP contribution is 2.09. The van der Waals surface area contributed by atoms with Gasteiger partial charge in [-0.05, 0) is 18.8 Å². The molecular weight excluding hydrogens is 204 g/mol. The molecule has 0 aromatic heterocycles. The third-order valence-corrected chi connectivity index (χ3v) is 2.61. The number of hydrogen-bond donors (Lipinski definition) is 2. The van der Waals surface area contributed by atoms with Crippen LogP contribution in [0.4, 0.5) is 0 Å². The number of nitrogens with one attached hydrogen (secondary N) is 1. The number of methoxy groups -OCH3 is 1. The molecule has 4 nitrogen and oxygen atoms in total. The van der Waals surface area contributed by atoms with Gasteiger partial charge >= 0.3 is 0 Å². The average Bonchev–Trinajstić information content (AvgIpc) is 2.26. The first kappa shape index (κ1) is 15.8. The third kappa shape index (κ3) is 10.4. The first-order valence-electron chi connectivity index (χ1n) is 6.23. The summed E-state index contributed by atoms with van der Waals surface area (Å²) in [4.78, 5) is 0.